The number of carboxylic acids is 1. The molecule has 1 aliphatic carbocycles. The van der Waals surface area contributed by atoms with E-state index in [1.54, 1.807) is 4.90 Å². The molecule has 1 heterocycles. The minimum Gasteiger partial charge on any atom is -0.490 e. The summed E-state index contributed by atoms with van der Waals surface area (Å²) in [6, 6.07) is 15.7. The Hall–Kier alpha value is -2.82. The van der Waals surface area contributed by atoms with Gasteiger partial charge >= 0.3 is 5.97 Å². The molecule has 4 rings (SSSR count). The summed E-state index contributed by atoms with van der Waals surface area (Å²) in [6.45, 7) is 3.10. The molecule has 2 aliphatic rings. The van der Waals surface area contributed by atoms with Gasteiger partial charge in [-0.25, -0.2) is 0 Å². The lowest BCUT2D eigenvalue weighted by Crippen LogP contribution is -2.29. The van der Waals surface area contributed by atoms with Gasteiger partial charge in [0.15, 0.2) is 0 Å². The first-order chi connectivity index (χ1) is 14.5. The van der Waals surface area contributed by atoms with Gasteiger partial charge in [-0.1, -0.05) is 31.2 Å². The molecule has 0 bridgehead atoms. The number of benzene rings is 2. The van der Waals surface area contributed by atoms with Crippen molar-refractivity contribution in [3.63, 3.8) is 0 Å². The van der Waals surface area contributed by atoms with E-state index < -0.39 is 11.9 Å². The number of carbonyl (C=O) groups is 2. The van der Waals surface area contributed by atoms with Gasteiger partial charge in [0.2, 0.25) is 0 Å². The van der Waals surface area contributed by atoms with Crippen LogP contribution in [0, 0.1) is 11.8 Å². The fourth-order valence-electron chi connectivity index (χ4n) is 4.40. The van der Waals surface area contributed by atoms with Gasteiger partial charge in [-0.2, -0.15) is 0 Å². The predicted molar refractivity (Wildman–Crippen MR) is 116 cm³/mol. The van der Waals surface area contributed by atoms with Gasteiger partial charge in [0.25, 0.3) is 5.91 Å². The second-order valence-corrected chi connectivity index (χ2v) is 8.68. The van der Waals surface area contributed by atoms with Crippen molar-refractivity contribution in [3.8, 4) is 16.9 Å². The van der Waals surface area contributed by atoms with Gasteiger partial charge in [0.05, 0.1) is 12.0 Å². The van der Waals surface area contributed by atoms with Crippen LogP contribution in [0.3, 0.4) is 0 Å². The Morgan fingerprint density at radius 3 is 2.07 bits per heavy atom. The maximum absolute atomic E-state index is 12.6. The molecule has 2 aromatic rings. The molecule has 1 N–H and O–H groups in total. The van der Waals surface area contributed by atoms with Crippen LogP contribution in [0.4, 0.5) is 0 Å². The summed E-state index contributed by atoms with van der Waals surface area (Å²) in [4.78, 5) is 25.4. The maximum atomic E-state index is 12.6. The predicted octanol–water partition coefficient (Wildman–Crippen LogP) is 4.86. The van der Waals surface area contributed by atoms with Gasteiger partial charge in [-0.3, -0.25) is 9.59 Å². The summed E-state index contributed by atoms with van der Waals surface area (Å²) < 4.78 is 6.14. The fourth-order valence-corrected chi connectivity index (χ4v) is 4.40. The van der Waals surface area contributed by atoms with E-state index in [0.717, 1.165) is 35.6 Å². The number of nitrogens with zero attached hydrogens (tertiary/aromatic N) is 1. The topological polar surface area (TPSA) is 66.8 Å². The van der Waals surface area contributed by atoms with E-state index in [4.69, 9.17) is 9.84 Å². The number of likely N-dealkylation sites (tertiary alicyclic amines) is 1. The summed E-state index contributed by atoms with van der Waals surface area (Å²) in [7, 11) is 0. The molecule has 158 valence electrons. The second kappa shape index (κ2) is 8.90. The highest BCUT2D eigenvalue weighted by Gasteiger charge is 2.31. The van der Waals surface area contributed by atoms with Crippen LogP contribution in [0.25, 0.3) is 11.1 Å². The normalized spacial score (nSPS) is 23.9. The number of hydrogen-bond donors (Lipinski definition) is 1. The number of amides is 1. The molecule has 0 spiro atoms. The van der Waals surface area contributed by atoms with Gasteiger partial charge in [0, 0.05) is 18.7 Å². The molecular formula is C25H29NO4. The summed E-state index contributed by atoms with van der Waals surface area (Å²) >= 11 is 0. The van der Waals surface area contributed by atoms with E-state index in [2.05, 4.69) is 19.1 Å². The minimum atomic E-state index is -0.828. The second-order valence-electron chi connectivity index (χ2n) is 8.68. The van der Waals surface area contributed by atoms with Crippen molar-refractivity contribution < 1.29 is 19.4 Å². The first-order valence-electron chi connectivity index (χ1n) is 10.9. The Kier molecular flexibility index (Phi) is 6.07. The molecule has 0 unspecified atom stereocenters. The van der Waals surface area contributed by atoms with Crippen LogP contribution in [0.15, 0.2) is 48.5 Å². The minimum absolute atomic E-state index is 0.101. The van der Waals surface area contributed by atoms with E-state index in [0.29, 0.717) is 24.6 Å². The Balaban J connectivity index is 1.37. The Labute approximate surface area is 177 Å². The van der Waals surface area contributed by atoms with E-state index >= 15 is 0 Å². The van der Waals surface area contributed by atoms with Crippen LogP contribution in [-0.4, -0.2) is 41.1 Å². The zero-order valence-electron chi connectivity index (χ0n) is 17.4. The number of aliphatic carboxylic acids is 1. The third-order valence-corrected chi connectivity index (χ3v) is 6.41. The summed E-state index contributed by atoms with van der Waals surface area (Å²) in [5.41, 5.74) is 2.71. The van der Waals surface area contributed by atoms with Crippen molar-refractivity contribution in [3.05, 3.63) is 54.1 Å². The van der Waals surface area contributed by atoms with Crippen LogP contribution >= 0.6 is 0 Å². The van der Waals surface area contributed by atoms with Crippen molar-refractivity contribution in [2.45, 2.75) is 45.1 Å². The third-order valence-electron chi connectivity index (χ3n) is 6.41. The zero-order valence-corrected chi connectivity index (χ0v) is 17.4. The summed E-state index contributed by atoms with van der Waals surface area (Å²) in [6.07, 6.45) is 5.58. The highest BCUT2D eigenvalue weighted by atomic mass is 16.5. The molecule has 30 heavy (non-hydrogen) atoms. The molecular weight excluding hydrogens is 378 g/mol. The number of hydrogen-bond acceptors (Lipinski definition) is 3. The monoisotopic (exact) mass is 407 g/mol. The van der Waals surface area contributed by atoms with E-state index in [1.165, 1.54) is 12.8 Å². The van der Waals surface area contributed by atoms with Gasteiger partial charge in [0.1, 0.15) is 5.75 Å². The number of carbonyl (C=O) groups excluding carboxylic acids is 1. The van der Waals surface area contributed by atoms with Crippen molar-refractivity contribution in [1.82, 2.24) is 4.90 Å². The van der Waals surface area contributed by atoms with Crippen molar-refractivity contribution in [1.29, 1.82) is 0 Å². The van der Waals surface area contributed by atoms with Crippen molar-refractivity contribution in [2.75, 3.05) is 13.1 Å². The summed E-state index contributed by atoms with van der Waals surface area (Å²) in [5, 5.41) is 9.12. The quantitative estimate of drug-likeness (QED) is 0.769. The average molecular weight is 408 g/mol. The number of rotatable bonds is 5. The molecule has 1 amide bonds. The van der Waals surface area contributed by atoms with Crippen molar-refractivity contribution >= 4 is 11.9 Å². The Morgan fingerprint density at radius 1 is 0.900 bits per heavy atom. The van der Waals surface area contributed by atoms with Crippen LogP contribution in [0.2, 0.25) is 0 Å². The standard InChI is InChI=1S/C25H29NO4/c1-17-2-10-22(11-3-17)30-23-12-8-19(9-13-23)18-4-6-20(7-5-18)24(27)26-15-14-21(16-26)25(28)29/h4-9,12-13,17,21-22H,2-3,10-11,14-16H2,1H3,(H,28,29)/t17?,21-,22?/m0/s1. The summed E-state index contributed by atoms with van der Waals surface area (Å²) in [5.74, 6) is 0.339. The molecule has 1 saturated carbocycles. The van der Waals surface area contributed by atoms with Crippen LogP contribution in [0.5, 0.6) is 5.75 Å². The molecule has 2 fully saturated rings. The largest absolute Gasteiger partial charge is 0.490 e. The van der Waals surface area contributed by atoms with Gasteiger partial charge < -0.3 is 14.7 Å². The third kappa shape index (κ3) is 4.66. The smallest absolute Gasteiger partial charge is 0.308 e. The average Bonchev–Trinajstić information content (AvgIpc) is 3.26. The highest BCUT2D eigenvalue weighted by molar-refractivity contribution is 5.95. The maximum Gasteiger partial charge on any atom is 0.308 e. The Bertz CT molecular complexity index is 882. The van der Waals surface area contributed by atoms with Gasteiger partial charge in [-0.15, -0.1) is 0 Å². The molecule has 0 radical (unpaired) electrons. The molecule has 2 aromatic carbocycles. The fraction of sp³-hybridized carbons (Fsp3) is 0.440. The van der Waals surface area contributed by atoms with Crippen LogP contribution < -0.4 is 4.74 Å². The van der Waals surface area contributed by atoms with Crippen LogP contribution in [-0.2, 0) is 4.79 Å². The molecule has 5 nitrogen and oxygen atoms in total. The zero-order chi connectivity index (χ0) is 21.1. The molecule has 1 aliphatic heterocycles. The molecule has 0 aromatic heterocycles. The van der Waals surface area contributed by atoms with Crippen LogP contribution in [0.1, 0.15) is 49.4 Å². The molecule has 5 heteroatoms. The first kappa shape index (κ1) is 20.5. The highest BCUT2D eigenvalue weighted by Crippen LogP contribution is 2.29. The lowest BCUT2D eigenvalue weighted by molar-refractivity contribution is -0.141. The Morgan fingerprint density at radius 2 is 1.50 bits per heavy atom. The SMILES string of the molecule is CC1CCC(Oc2ccc(-c3ccc(C(=O)N4CC[C@H](C(=O)O)C4)cc3)cc2)CC1. The molecule has 1 atom stereocenters. The van der Waals surface area contributed by atoms with E-state index in [9.17, 15) is 9.59 Å². The lowest BCUT2D eigenvalue weighted by Gasteiger charge is -2.26. The number of carboxylic acid groups (broad SMARTS) is 1. The van der Waals surface area contributed by atoms with E-state index in [-0.39, 0.29) is 12.5 Å². The first-order valence-corrected chi connectivity index (χ1v) is 10.9. The van der Waals surface area contributed by atoms with E-state index in [1.807, 2.05) is 36.4 Å². The number of ether oxygens (including phenoxy) is 1. The molecule has 1 saturated heterocycles. The van der Waals surface area contributed by atoms with Crippen molar-refractivity contribution in [2.24, 2.45) is 11.8 Å². The lowest BCUT2D eigenvalue weighted by atomic mass is 9.89. The van der Waals surface area contributed by atoms with Gasteiger partial charge in [-0.05, 0) is 73.4 Å².